The van der Waals surface area contributed by atoms with Crippen molar-refractivity contribution in [2.75, 3.05) is 5.32 Å². The van der Waals surface area contributed by atoms with Crippen LogP contribution in [0.2, 0.25) is 0 Å². The first-order valence-corrected chi connectivity index (χ1v) is 5.93. The third kappa shape index (κ3) is 3.13. The summed E-state index contributed by atoms with van der Waals surface area (Å²) in [5.41, 5.74) is 2.60. The lowest BCUT2D eigenvalue weighted by molar-refractivity contribution is 0.0988. The van der Waals surface area contributed by atoms with Gasteiger partial charge in [-0.15, -0.1) is 0 Å². The van der Waals surface area contributed by atoms with Crippen LogP contribution in [0.15, 0.2) is 42.6 Å². The molecule has 0 unspecified atom stereocenters. The van der Waals surface area contributed by atoms with Gasteiger partial charge in [-0.25, -0.2) is 0 Å². The Kier molecular flexibility index (Phi) is 4.02. The second kappa shape index (κ2) is 5.91. The smallest absolute Gasteiger partial charge is 0.162 e. The van der Waals surface area contributed by atoms with Crippen LogP contribution < -0.4 is 5.32 Å². The van der Waals surface area contributed by atoms with Gasteiger partial charge in [0.25, 0.3) is 0 Å². The fraction of sp³-hybridized carbons (Fsp3) is 0.214. The van der Waals surface area contributed by atoms with Crippen LogP contribution in [0, 0.1) is 0 Å². The lowest BCUT2D eigenvalue weighted by Crippen LogP contribution is -2.03. The minimum absolute atomic E-state index is 0.162. The number of ketones is 1. The molecule has 0 saturated carbocycles. The second-order valence-corrected chi connectivity index (χ2v) is 3.92. The molecular formula is C14H15N3O. The molecule has 0 aliphatic carbocycles. The molecule has 0 bridgehead atoms. The highest BCUT2D eigenvalue weighted by Crippen LogP contribution is 2.11. The van der Waals surface area contributed by atoms with Gasteiger partial charge in [0.1, 0.15) is 0 Å². The lowest BCUT2D eigenvalue weighted by atomic mass is 10.1. The standard InChI is InChI=1S/C14H15N3O/c1-2-14(18)11-5-7-12(8-6-11)15-10-13-4-3-9-16-17-13/h3-9,15H,2,10H2,1H3. The molecule has 1 aromatic heterocycles. The van der Waals surface area contributed by atoms with E-state index in [2.05, 4.69) is 15.5 Å². The Balaban J connectivity index is 1.97. The van der Waals surface area contributed by atoms with Crippen LogP contribution in [0.4, 0.5) is 5.69 Å². The summed E-state index contributed by atoms with van der Waals surface area (Å²) in [6.45, 7) is 2.48. The van der Waals surface area contributed by atoms with Crippen molar-refractivity contribution >= 4 is 11.5 Å². The molecule has 0 aliphatic heterocycles. The number of hydrogen-bond donors (Lipinski definition) is 1. The first-order valence-electron chi connectivity index (χ1n) is 5.93. The number of carbonyl (C=O) groups is 1. The number of anilines is 1. The van der Waals surface area contributed by atoms with Crippen LogP contribution in [0.25, 0.3) is 0 Å². The summed E-state index contributed by atoms with van der Waals surface area (Å²) in [6.07, 6.45) is 2.18. The molecule has 4 nitrogen and oxygen atoms in total. The van der Waals surface area contributed by atoms with Gasteiger partial charge >= 0.3 is 0 Å². The van der Waals surface area contributed by atoms with Crippen LogP contribution in [0.5, 0.6) is 0 Å². The molecule has 1 heterocycles. The van der Waals surface area contributed by atoms with Crippen LogP contribution >= 0.6 is 0 Å². The summed E-state index contributed by atoms with van der Waals surface area (Å²) in [4.78, 5) is 11.5. The van der Waals surface area contributed by atoms with E-state index >= 15 is 0 Å². The van der Waals surface area contributed by atoms with Crippen molar-refractivity contribution in [1.29, 1.82) is 0 Å². The minimum atomic E-state index is 0.162. The predicted molar refractivity (Wildman–Crippen MR) is 70.4 cm³/mol. The molecule has 0 atom stereocenters. The van der Waals surface area contributed by atoms with Crippen molar-refractivity contribution in [3.8, 4) is 0 Å². The van der Waals surface area contributed by atoms with Crippen molar-refractivity contribution in [2.24, 2.45) is 0 Å². The van der Waals surface area contributed by atoms with E-state index in [0.29, 0.717) is 13.0 Å². The minimum Gasteiger partial charge on any atom is -0.379 e. The average molecular weight is 241 g/mol. The lowest BCUT2D eigenvalue weighted by Gasteiger charge is -2.06. The highest BCUT2D eigenvalue weighted by atomic mass is 16.1. The number of rotatable bonds is 5. The van der Waals surface area contributed by atoms with Crippen molar-refractivity contribution in [3.63, 3.8) is 0 Å². The average Bonchev–Trinajstić information content (AvgIpc) is 2.46. The van der Waals surface area contributed by atoms with Gasteiger partial charge in [0.15, 0.2) is 5.78 Å². The topological polar surface area (TPSA) is 54.9 Å². The van der Waals surface area contributed by atoms with Gasteiger partial charge in [0.05, 0.1) is 12.2 Å². The molecule has 4 heteroatoms. The van der Waals surface area contributed by atoms with Crippen LogP contribution in [-0.4, -0.2) is 16.0 Å². The zero-order valence-corrected chi connectivity index (χ0v) is 10.3. The summed E-state index contributed by atoms with van der Waals surface area (Å²) in [5, 5.41) is 11.0. The number of hydrogen-bond acceptors (Lipinski definition) is 4. The number of Topliss-reactive ketones (excluding diaryl/α,β-unsaturated/α-hetero) is 1. The summed E-state index contributed by atoms with van der Waals surface area (Å²) in [6, 6.07) is 11.2. The molecule has 0 saturated heterocycles. The van der Waals surface area contributed by atoms with Gasteiger partial charge in [-0.1, -0.05) is 6.92 Å². The summed E-state index contributed by atoms with van der Waals surface area (Å²) < 4.78 is 0. The second-order valence-electron chi connectivity index (χ2n) is 3.92. The summed E-state index contributed by atoms with van der Waals surface area (Å²) in [5.74, 6) is 0.162. The van der Waals surface area contributed by atoms with E-state index in [9.17, 15) is 4.79 Å². The molecule has 2 aromatic rings. The third-order valence-electron chi connectivity index (χ3n) is 2.63. The highest BCUT2D eigenvalue weighted by Gasteiger charge is 2.02. The maximum Gasteiger partial charge on any atom is 0.162 e. The van der Waals surface area contributed by atoms with E-state index in [1.54, 1.807) is 6.20 Å². The van der Waals surface area contributed by atoms with Gasteiger partial charge in [0.2, 0.25) is 0 Å². The highest BCUT2D eigenvalue weighted by molar-refractivity contribution is 5.96. The zero-order chi connectivity index (χ0) is 12.8. The van der Waals surface area contributed by atoms with Gasteiger partial charge in [-0.3, -0.25) is 4.79 Å². The van der Waals surface area contributed by atoms with E-state index in [0.717, 1.165) is 16.9 Å². The largest absolute Gasteiger partial charge is 0.379 e. The Morgan fingerprint density at radius 2 is 2.00 bits per heavy atom. The van der Waals surface area contributed by atoms with Crippen molar-refractivity contribution in [2.45, 2.75) is 19.9 Å². The van der Waals surface area contributed by atoms with Crippen LogP contribution in [-0.2, 0) is 6.54 Å². The molecular weight excluding hydrogens is 226 g/mol. The fourth-order valence-corrected chi connectivity index (χ4v) is 1.60. The quantitative estimate of drug-likeness (QED) is 0.818. The molecule has 0 aliphatic rings. The Morgan fingerprint density at radius 1 is 1.22 bits per heavy atom. The zero-order valence-electron chi connectivity index (χ0n) is 10.3. The number of nitrogens with zero attached hydrogens (tertiary/aromatic N) is 2. The molecule has 0 radical (unpaired) electrons. The maximum atomic E-state index is 11.5. The Morgan fingerprint density at radius 3 is 2.61 bits per heavy atom. The van der Waals surface area contributed by atoms with Gasteiger partial charge < -0.3 is 5.32 Å². The molecule has 0 amide bonds. The molecule has 0 fully saturated rings. The van der Waals surface area contributed by atoms with Gasteiger partial charge in [-0.2, -0.15) is 10.2 Å². The van der Waals surface area contributed by atoms with Gasteiger partial charge in [0, 0.05) is 23.9 Å². The van der Waals surface area contributed by atoms with Crippen LogP contribution in [0.3, 0.4) is 0 Å². The molecule has 1 N–H and O–H groups in total. The number of carbonyl (C=O) groups excluding carboxylic acids is 1. The third-order valence-corrected chi connectivity index (χ3v) is 2.63. The number of nitrogens with one attached hydrogen (secondary N) is 1. The van der Waals surface area contributed by atoms with Crippen molar-refractivity contribution in [1.82, 2.24) is 10.2 Å². The normalized spacial score (nSPS) is 10.1. The predicted octanol–water partition coefficient (Wildman–Crippen LogP) is 2.68. The number of aromatic nitrogens is 2. The van der Waals surface area contributed by atoms with E-state index < -0.39 is 0 Å². The number of benzene rings is 1. The van der Waals surface area contributed by atoms with Crippen molar-refractivity contribution in [3.05, 3.63) is 53.9 Å². The monoisotopic (exact) mass is 241 g/mol. The van der Waals surface area contributed by atoms with Gasteiger partial charge in [-0.05, 0) is 36.4 Å². The molecule has 2 rings (SSSR count). The first-order chi connectivity index (χ1) is 8.79. The maximum absolute atomic E-state index is 11.5. The first kappa shape index (κ1) is 12.2. The summed E-state index contributed by atoms with van der Waals surface area (Å²) in [7, 11) is 0. The molecule has 92 valence electrons. The van der Waals surface area contributed by atoms with Crippen LogP contribution in [0.1, 0.15) is 29.4 Å². The fourth-order valence-electron chi connectivity index (χ4n) is 1.60. The van der Waals surface area contributed by atoms with Crippen molar-refractivity contribution < 1.29 is 4.79 Å². The SMILES string of the molecule is CCC(=O)c1ccc(NCc2cccnn2)cc1. The molecule has 18 heavy (non-hydrogen) atoms. The van der Waals surface area contributed by atoms with E-state index in [1.807, 2.05) is 43.3 Å². The Labute approximate surface area is 106 Å². The Bertz CT molecular complexity index is 508. The summed E-state index contributed by atoms with van der Waals surface area (Å²) >= 11 is 0. The molecule has 1 aromatic carbocycles. The Hall–Kier alpha value is -2.23. The molecule has 0 spiro atoms. The van der Waals surface area contributed by atoms with E-state index in [4.69, 9.17) is 0 Å². The van der Waals surface area contributed by atoms with E-state index in [1.165, 1.54) is 0 Å². The van der Waals surface area contributed by atoms with E-state index in [-0.39, 0.29) is 5.78 Å².